The van der Waals surface area contributed by atoms with Crippen LogP contribution in [-0.4, -0.2) is 40.5 Å². The zero-order valence-corrected chi connectivity index (χ0v) is 12.3. The number of rotatable bonds is 1. The number of fused-ring (bicyclic) bond motifs is 2. The minimum Gasteiger partial charge on any atom is -0.397 e. The van der Waals surface area contributed by atoms with Crippen molar-refractivity contribution in [1.82, 2.24) is 15.5 Å². The fourth-order valence-electron chi connectivity index (χ4n) is 3.39. The molecule has 0 aliphatic carbocycles. The first kappa shape index (κ1) is 14.4. The third-order valence-electron chi connectivity index (χ3n) is 4.52. The number of nitrogens with one attached hydrogen (secondary N) is 2. The number of carbonyl (C=O) groups is 5. The molecule has 24 heavy (non-hydrogen) atoms. The molecule has 1 aromatic carbocycles. The van der Waals surface area contributed by atoms with Gasteiger partial charge in [0.1, 0.15) is 6.04 Å². The Morgan fingerprint density at radius 3 is 2.54 bits per heavy atom. The minimum absolute atomic E-state index is 0.0399. The molecule has 3 aliphatic rings. The average molecular weight is 328 g/mol. The molecule has 9 nitrogen and oxygen atoms in total. The van der Waals surface area contributed by atoms with E-state index in [0.29, 0.717) is 5.56 Å². The lowest BCUT2D eigenvalue weighted by Crippen LogP contribution is -2.54. The third kappa shape index (κ3) is 1.72. The SMILES string of the molecule is Nc1c2c(cc3c1C(=O)N(C1CCC(=O)NC1=O)C3=O)CNC2=O. The number of piperidine rings is 1. The highest BCUT2D eigenvalue weighted by Crippen LogP contribution is 2.36. The van der Waals surface area contributed by atoms with Gasteiger partial charge in [0.2, 0.25) is 11.8 Å². The maximum Gasteiger partial charge on any atom is 0.264 e. The Hall–Kier alpha value is -3.23. The van der Waals surface area contributed by atoms with Crippen LogP contribution in [0.3, 0.4) is 0 Å². The molecule has 3 heterocycles. The van der Waals surface area contributed by atoms with E-state index in [1.165, 1.54) is 6.07 Å². The van der Waals surface area contributed by atoms with E-state index in [2.05, 4.69) is 10.6 Å². The Balaban J connectivity index is 1.80. The van der Waals surface area contributed by atoms with Gasteiger partial charge in [-0.2, -0.15) is 0 Å². The van der Waals surface area contributed by atoms with Gasteiger partial charge >= 0.3 is 0 Å². The van der Waals surface area contributed by atoms with Gasteiger partial charge in [0.05, 0.1) is 22.4 Å². The van der Waals surface area contributed by atoms with Gasteiger partial charge in [-0.3, -0.25) is 34.2 Å². The molecule has 5 amide bonds. The molecular weight excluding hydrogens is 316 g/mol. The number of nitrogens with two attached hydrogens (primary N) is 1. The number of imide groups is 2. The van der Waals surface area contributed by atoms with Gasteiger partial charge in [-0.15, -0.1) is 0 Å². The summed E-state index contributed by atoms with van der Waals surface area (Å²) in [7, 11) is 0. The van der Waals surface area contributed by atoms with Crippen LogP contribution in [0.1, 0.15) is 49.5 Å². The van der Waals surface area contributed by atoms with Crippen molar-refractivity contribution in [2.45, 2.75) is 25.4 Å². The maximum absolute atomic E-state index is 12.7. The van der Waals surface area contributed by atoms with E-state index in [4.69, 9.17) is 5.73 Å². The summed E-state index contributed by atoms with van der Waals surface area (Å²) in [6.07, 6.45) is 0.106. The first-order valence-electron chi connectivity index (χ1n) is 7.35. The number of benzene rings is 1. The van der Waals surface area contributed by atoms with E-state index in [-0.39, 0.29) is 41.8 Å². The van der Waals surface area contributed by atoms with Crippen LogP contribution in [0.2, 0.25) is 0 Å². The first-order valence-corrected chi connectivity index (χ1v) is 7.35. The summed E-state index contributed by atoms with van der Waals surface area (Å²) in [6, 6.07) is 0.406. The van der Waals surface area contributed by atoms with Crippen molar-refractivity contribution in [2.75, 3.05) is 5.73 Å². The third-order valence-corrected chi connectivity index (χ3v) is 4.52. The Morgan fingerprint density at radius 2 is 1.83 bits per heavy atom. The topological polar surface area (TPSA) is 139 Å². The zero-order chi connectivity index (χ0) is 17.2. The Morgan fingerprint density at radius 1 is 1.08 bits per heavy atom. The van der Waals surface area contributed by atoms with Crippen LogP contribution in [0.25, 0.3) is 0 Å². The monoisotopic (exact) mass is 328 g/mol. The standard InChI is InChI=1S/C15H12N4O5/c16-11-9-5(4-17-13(9)22)3-6-10(11)15(24)19(14(6)23)7-1-2-8(20)18-12(7)21/h3,7H,1-2,4,16H2,(H,17,22)(H,18,20,21). The highest BCUT2D eigenvalue weighted by atomic mass is 16.2. The van der Waals surface area contributed by atoms with Crippen molar-refractivity contribution in [3.63, 3.8) is 0 Å². The van der Waals surface area contributed by atoms with E-state index in [0.717, 1.165) is 4.90 Å². The van der Waals surface area contributed by atoms with Gasteiger partial charge < -0.3 is 11.1 Å². The molecule has 0 bridgehead atoms. The number of amides is 5. The van der Waals surface area contributed by atoms with Crippen molar-refractivity contribution in [3.8, 4) is 0 Å². The molecule has 4 N–H and O–H groups in total. The number of carbonyl (C=O) groups excluding carboxylic acids is 5. The van der Waals surface area contributed by atoms with Gasteiger partial charge in [0.15, 0.2) is 0 Å². The molecule has 1 aromatic rings. The number of nitrogen functional groups attached to an aromatic ring is 1. The summed E-state index contributed by atoms with van der Waals surface area (Å²) in [5, 5.41) is 4.71. The van der Waals surface area contributed by atoms with Crippen LogP contribution in [-0.2, 0) is 16.1 Å². The second-order valence-corrected chi connectivity index (χ2v) is 5.88. The predicted molar refractivity (Wildman–Crippen MR) is 78.7 cm³/mol. The molecule has 0 radical (unpaired) electrons. The van der Waals surface area contributed by atoms with E-state index in [1.54, 1.807) is 0 Å². The second kappa shape index (κ2) is 4.63. The summed E-state index contributed by atoms with van der Waals surface area (Å²) < 4.78 is 0. The highest BCUT2D eigenvalue weighted by Gasteiger charge is 2.47. The normalized spacial score (nSPS) is 22.4. The fourth-order valence-corrected chi connectivity index (χ4v) is 3.39. The Labute approximate surface area is 135 Å². The minimum atomic E-state index is -1.06. The predicted octanol–water partition coefficient (Wildman–Crippen LogP) is -1.09. The second-order valence-electron chi connectivity index (χ2n) is 5.88. The van der Waals surface area contributed by atoms with Crippen LogP contribution < -0.4 is 16.4 Å². The molecule has 1 atom stereocenters. The van der Waals surface area contributed by atoms with Crippen molar-refractivity contribution < 1.29 is 24.0 Å². The van der Waals surface area contributed by atoms with Crippen molar-refractivity contribution in [2.24, 2.45) is 0 Å². The molecule has 9 heteroatoms. The average Bonchev–Trinajstić information content (AvgIpc) is 3.01. The number of anilines is 1. The van der Waals surface area contributed by atoms with Crippen molar-refractivity contribution in [1.29, 1.82) is 0 Å². The molecule has 122 valence electrons. The van der Waals surface area contributed by atoms with Crippen LogP contribution in [0.5, 0.6) is 0 Å². The molecule has 0 aromatic heterocycles. The van der Waals surface area contributed by atoms with Gasteiger partial charge in [-0.25, -0.2) is 0 Å². The lowest BCUT2D eigenvalue weighted by Gasteiger charge is -2.27. The first-order chi connectivity index (χ1) is 11.4. The van der Waals surface area contributed by atoms with E-state index in [1.807, 2.05) is 0 Å². The summed E-state index contributed by atoms with van der Waals surface area (Å²) in [5.74, 6) is -2.89. The number of nitrogens with zero attached hydrogens (tertiary/aromatic N) is 1. The zero-order valence-electron chi connectivity index (χ0n) is 12.3. The Kier molecular flexibility index (Phi) is 2.77. The van der Waals surface area contributed by atoms with Crippen molar-refractivity contribution in [3.05, 3.63) is 28.3 Å². The van der Waals surface area contributed by atoms with Crippen LogP contribution in [0.4, 0.5) is 5.69 Å². The molecule has 4 rings (SSSR count). The molecule has 1 saturated heterocycles. The molecule has 1 unspecified atom stereocenters. The van der Waals surface area contributed by atoms with Crippen molar-refractivity contribution >= 4 is 35.2 Å². The molecule has 1 fully saturated rings. The molecule has 0 spiro atoms. The maximum atomic E-state index is 12.7. The molecule has 0 saturated carbocycles. The fraction of sp³-hybridized carbons (Fsp3) is 0.267. The largest absolute Gasteiger partial charge is 0.397 e. The quantitative estimate of drug-likeness (QED) is 0.442. The van der Waals surface area contributed by atoms with Gasteiger partial charge in [-0.1, -0.05) is 0 Å². The summed E-state index contributed by atoms with van der Waals surface area (Å²) in [4.78, 5) is 61.3. The van der Waals surface area contributed by atoms with E-state index in [9.17, 15) is 24.0 Å². The van der Waals surface area contributed by atoms with E-state index >= 15 is 0 Å². The van der Waals surface area contributed by atoms with Crippen LogP contribution in [0.15, 0.2) is 6.07 Å². The van der Waals surface area contributed by atoms with Crippen LogP contribution in [0, 0.1) is 0 Å². The number of hydrogen-bond acceptors (Lipinski definition) is 6. The van der Waals surface area contributed by atoms with Gasteiger partial charge in [-0.05, 0) is 18.1 Å². The molecular formula is C15H12N4O5. The summed E-state index contributed by atoms with van der Waals surface area (Å²) in [6.45, 7) is 0.228. The van der Waals surface area contributed by atoms with Crippen LogP contribution >= 0.6 is 0 Å². The smallest absolute Gasteiger partial charge is 0.264 e. The van der Waals surface area contributed by atoms with E-state index < -0.39 is 35.6 Å². The molecule has 3 aliphatic heterocycles. The number of hydrogen-bond donors (Lipinski definition) is 3. The van der Waals surface area contributed by atoms with Gasteiger partial charge in [0.25, 0.3) is 17.7 Å². The lowest BCUT2D eigenvalue weighted by molar-refractivity contribution is -0.136. The highest BCUT2D eigenvalue weighted by molar-refractivity contribution is 6.27. The summed E-state index contributed by atoms with van der Waals surface area (Å²) >= 11 is 0. The lowest BCUT2D eigenvalue weighted by atomic mass is 9.98. The van der Waals surface area contributed by atoms with Gasteiger partial charge in [0, 0.05) is 13.0 Å². The Bertz CT molecular complexity index is 875. The summed E-state index contributed by atoms with van der Waals surface area (Å²) in [5.41, 5.74) is 6.68.